The molecule has 3 aromatic rings. The van der Waals surface area contributed by atoms with E-state index in [1.165, 1.54) is 11.3 Å². The van der Waals surface area contributed by atoms with Gasteiger partial charge in [0.15, 0.2) is 11.5 Å². The lowest BCUT2D eigenvalue weighted by atomic mass is 10.1. The quantitative estimate of drug-likeness (QED) is 0.517. The SMILES string of the molecule is CCN(Cc1ccccc1)C(=O)c1ccc(-c2ccc(OC)c(OC)c2OC)s1. The fourth-order valence-corrected chi connectivity index (χ4v) is 4.18. The highest BCUT2D eigenvalue weighted by Gasteiger charge is 2.21. The molecule has 0 saturated heterocycles. The summed E-state index contributed by atoms with van der Waals surface area (Å²) in [5, 5.41) is 0. The van der Waals surface area contributed by atoms with Gasteiger partial charge in [-0.25, -0.2) is 0 Å². The van der Waals surface area contributed by atoms with Crippen LogP contribution in [0.25, 0.3) is 10.4 Å². The van der Waals surface area contributed by atoms with Crippen LogP contribution in [0.3, 0.4) is 0 Å². The Labute approximate surface area is 175 Å². The molecule has 6 heteroatoms. The van der Waals surface area contributed by atoms with Gasteiger partial charge in [0.2, 0.25) is 5.75 Å². The summed E-state index contributed by atoms with van der Waals surface area (Å²) in [5.74, 6) is 1.74. The second kappa shape index (κ2) is 9.47. The number of rotatable bonds is 8. The van der Waals surface area contributed by atoms with E-state index in [4.69, 9.17) is 14.2 Å². The van der Waals surface area contributed by atoms with E-state index in [-0.39, 0.29) is 5.91 Å². The molecule has 0 atom stereocenters. The molecule has 3 rings (SSSR count). The van der Waals surface area contributed by atoms with Crippen LogP contribution in [0.15, 0.2) is 54.6 Å². The Morgan fingerprint density at radius 1 is 0.897 bits per heavy atom. The molecule has 2 aromatic carbocycles. The van der Waals surface area contributed by atoms with Crippen LogP contribution in [-0.4, -0.2) is 38.7 Å². The largest absolute Gasteiger partial charge is 0.493 e. The Bertz CT molecular complexity index is 968. The Morgan fingerprint density at radius 3 is 2.24 bits per heavy atom. The lowest BCUT2D eigenvalue weighted by molar-refractivity contribution is 0.0757. The average molecular weight is 412 g/mol. The van der Waals surface area contributed by atoms with Crippen molar-refractivity contribution in [1.82, 2.24) is 4.90 Å². The van der Waals surface area contributed by atoms with Gasteiger partial charge in [-0.15, -0.1) is 11.3 Å². The molecule has 0 saturated carbocycles. The highest BCUT2D eigenvalue weighted by atomic mass is 32.1. The molecule has 29 heavy (non-hydrogen) atoms. The topological polar surface area (TPSA) is 48.0 Å². The second-order valence-electron chi connectivity index (χ2n) is 6.35. The summed E-state index contributed by atoms with van der Waals surface area (Å²) in [6.07, 6.45) is 0. The highest BCUT2D eigenvalue weighted by Crippen LogP contribution is 2.45. The molecule has 0 fully saturated rings. The first-order chi connectivity index (χ1) is 14.1. The average Bonchev–Trinajstić information content (AvgIpc) is 3.26. The van der Waals surface area contributed by atoms with Crippen LogP contribution in [0.4, 0.5) is 0 Å². The van der Waals surface area contributed by atoms with Crippen molar-refractivity contribution in [3.05, 3.63) is 65.0 Å². The number of methoxy groups -OCH3 is 3. The molecule has 0 aliphatic carbocycles. The fourth-order valence-electron chi connectivity index (χ4n) is 3.18. The van der Waals surface area contributed by atoms with Crippen molar-refractivity contribution in [2.75, 3.05) is 27.9 Å². The van der Waals surface area contributed by atoms with Crippen LogP contribution in [-0.2, 0) is 6.54 Å². The van der Waals surface area contributed by atoms with Gasteiger partial charge in [-0.1, -0.05) is 30.3 Å². The first-order valence-electron chi connectivity index (χ1n) is 9.35. The van der Waals surface area contributed by atoms with Crippen molar-refractivity contribution >= 4 is 17.2 Å². The maximum Gasteiger partial charge on any atom is 0.264 e. The zero-order valence-corrected chi connectivity index (χ0v) is 17.9. The minimum atomic E-state index is 0.0204. The van der Waals surface area contributed by atoms with Crippen LogP contribution < -0.4 is 14.2 Å². The van der Waals surface area contributed by atoms with E-state index in [9.17, 15) is 4.79 Å². The molecule has 0 unspecified atom stereocenters. The van der Waals surface area contributed by atoms with E-state index in [2.05, 4.69) is 0 Å². The molecule has 5 nitrogen and oxygen atoms in total. The molecule has 0 radical (unpaired) electrons. The summed E-state index contributed by atoms with van der Waals surface area (Å²) in [6.45, 7) is 3.22. The van der Waals surface area contributed by atoms with E-state index < -0.39 is 0 Å². The monoisotopic (exact) mass is 411 g/mol. The number of nitrogens with zero attached hydrogens (tertiary/aromatic N) is 1. The highest BCUT2D eigenvalue weighted by molar-refractivity contribution is 7.17. The molecule has 1 heterocycles. The Kier molecular flexibility index (Phi) is 6.77. The van der Waals surface area contributed by atoms with Gasteiger partial charge in [0.1, 0.15) is 0 Å². The van der Waals surface area contributed by atoms with Crippen molar-refractivity contribution < 1.29 is 19.0 Å². The maximum absolute atomic E-state index is 13.1. The smallest absolute Gasteiger partial charge is 0.264 e. The molecule has 152 valence electrons. The number of carbonyl (C=O) groups excluding carboxylic acids is 1. The van der Waals surface area contributed by atoms with Crippen LogP contribution >= 0.6 is 11.3 Å². The number of carbonyl (C=O) groups is 1. The molecule has 0 aliphatic rings. The lowest BCUT2D eigenvalue weighted by Gasteiger charge is -2.20. The maximum atomic E-state index is 13.1. The van der Waals surface area contributed by atoms with E-state index in [1.807, 2.05) is 66.4 Å². The van der Waals surface area contributed by atoms with Crippen LogP contribution in [0.1, 0.15) is 22.2 Å². The predicted octanol–water partition coefficient (Wildman–Crippen LogP) is 5.10. The first kappa shape index (κ1) is 20.7. The molecule has 0 spiro atoms. The zero-order chi connectivity index (χ0) is 20.8. The second-order valence-corrected chi connectivity index (χ2v) is 7.43. The molecule has 0 aliphatic heterocycles. The van der Waals surface area contributed by atoms with Crippen molar-refractivity contribution in [1.29, 1.82) is 0 Å². The third-order valence-corrected chi connectivity index (χ3v) is 5.78. The van der Waals surface area contributed by atoms with Crippen molar-refractivity contribution in [3.63, 3.8) is 0 Å². The van der Waals surface area contributed by atoms with Gasteiger partial charge in [-0.05, 0) is 36.8 Å². The zero-order valence-electron chi connectivity index (χ0n) is 17.1. The van der Waals surface area contributed by atoms with Crippen molar-refractivity contribution in [2.45, 2.75) is 13.5 Å². The number of hydrogen-bond acceptors (Lipinski definition) is 5. The Morgan fingerprint density at radius 2 is 1.62 bits per heavy atom. The molecule has 1 aromatic heterocycles. The number of thiophene rings is 1. The number of benzene rings is 2. The number of hydrogen-bond donors (Lipinski definition) is 0. The van der Waals surface area contributed by atoms with Gasteiger partial charge >= 0.3 is 0 Å². The predicted molar refractivity (Wildman–Crippen MR) is 116 cm³/mol. The lowest BCUT2D eigenvalue weighted by Crippen LogP contribution is -2.29. The minimum Gasteiger partial charge on any atom is -0.493 e. The van der Waals surface area contributed by atoms with E-state index in [1.54, 1.807) is 21.3 Å². The van der Waals surface area contributed by atoms with E-state index >= 15 is 0 Å². The van der Waals surface area contributed by atoms with Gasteiger partial charge in [-0.2, -0.15) is 0 Å². The van der Waals surface area contributed by atoms with Gasteiger partial charge in [0.25, 0.3) is 5.91 Å². The summed E-state index contributed by atoms with van der Waals surface area (Å²) in [7, 11) is 4.76. The summed E-state index contributed by atoms with van der Waals surface area (Å²) in [6, 6.07) is 17.6. The molecular formula is C23H25NO4S. The normalized spacial score (nSPS) is 10.5. The van der Waals surface area contributed by atoms with Crippen molar-refractivity contribution in [2.24, 2.45) is 0 Å². The van der Waals surface area contributed by atoms with Crippen LogP contribution in [0.5, 0.6) is 17.2 Å². The van der Waals surface area contributed by atoms with E-state index in [0.29, 0.717) is 35.2 Å². The molecular weight excluding hydrogens is 386 g/mol. The van der Waals surface area contributed by atoms with Gasteiger partial charge in [0.05, 0.1) is 26.2 Å². The summed E-state index contributed by atoms with van der Waals surface area (Å²) < 4.78 is 16.4. The first-order valence-corrected chi connectivity index (χ1v) is 10.2. The van der Waals surface area contributed by atoms with Gasteiger partial charge in [-0.3, -0.25) is 4.79 Å². The standard InChI is InChI=1S/C23H25NO4S/c1-5-24(15-16-9-7-6-8-10-16)23(25)20-14-13-19(29-20)17-11-12-18(26-2)22(28-4)21(17)27-3/h6-14H,5,15H2,1-4H3. The number of amides is 1. The third-order valence-electron chi connectivity index (χ3n) is 4.67. The molecule has 1 amide bonds. The van der Waals surface area contributed by atoms with Crippen LogP contribution in [0.2, 0.25) is 0 Å². The Balaban J connectivity index is 1.89. The number of ether oxygens (including phenoxy) is 3. The summed E-state index contributed by atoms with van der Waals surface area (Å²) >= 11 is 1.44. The summed E-state index contributed by atoms with van der Waals surface area (Å²) in [4.78, 5) is 16.5. The van der Waals surface area contributed by atoms with Crippen molar-refractivity contribution in [3.8, 4) is 27.7 Å². The fraction of sp³-hybridized carbons (Fsp3) is 0.261. The van der Waals surface area contributed by atoms with E-state index in [0.717, 1.165) is 16.0 Å². The molecule has 0 bridgehead atoms. The minimum absolute atomic E-state index is 0.0204. The Hall–Kier alpha value is -2.99. The third kappa shape index (κ3) is 4.38. The van der Waals surface area contributed by atoms with Gasteiger partial charge < -0.3 is 19.1 Å². The van der Waals surface area contributed by atoms with Gasteiger partial charge in [0, 0.05) is 23.5 Å². The summed E-state index contributed by atoms with van der Waals surface area (Å²) in [5.41, 5.74) is 1.97. The molecule has 0 N–H and O–H groups in total. The van der Waals surface area contributed by atoms with Crippen LogP contribution in [0, 0.1) is 0 Å².